The summed E-state index contributed by atoms with van der Waals surface area (Å²) in [5.41, 5.74) is 0.428. The molecule has 0 fully saturated rings. The molecular weight excluding hydrogens is 292 g/mol. The van der Waals surface area contributed by atoms with E-state index in [1.54, 1.807) is 24.3 Å². The van der Waals surface area contributed by atoms with E-state index in [9.17, 15) is 13.2 Å². The number of carbonyl (C=O) groups is 1. The van der Waals surface area contributed by atoms with Crippen LogP contribution in [0.1, 0.15) is 20.3 Å². The van der Waals surface area contributed by atoms with Gasteiger partial charge in [0.05, 0.1) is 19.1 Å². The maximum atomic E-state index is 11.9. The summed E-state index contributed by atoms with van der Waals surface area (Å²) >= 11 is 0. The van der Waals surface area contributed by atoms with Gasteiger partial charge in [0.15, 0.2) is 0 Å². The minimum atomic E-state index is -3.54. The van der Waals surface area contributed by atoms with E-state index in [1.807, 2.05) is 13.8 Å². The highest BCUT2D eigenvalue weighted by atomic mass is 32.2. The molecule has 0 heterocycles. The van der Waals surface area contributed by atoms with Crippen molar-refractivity contribution in [2.45, 2.75) is 26.3 Å². The van der Waals surface area contributed by atoms with Gasteiger partial charge in [-0.25, -0.2) is 8.42 Å². The van der Waals surface area contributed by atoms with Crippen LogP contribution in [0.5, 0.6) is 5.75 Å². The number of amides is 1. The summed E-state index contributed by atoms with van der Waals surface area (Å²) in [4.78, 5) is 11.9. The van der Waals surface area contributed by atoms with Crippen LogP contribution >= 0.6 is 0 Å². The van der Waals surface area contributed by atoms with E-state index in [2.05, 4.69) is 5.32 Å². The summed E-state index contributed by atoms with van der Waals surface area (Å²) in [5, 5.41) is 2.75. The molecular formula is C14H22N2O4S. The van der Waals surface area contributed by atoms with Crippen LogP contribution in [0, 0.1) is 0 Å². The van der Waals surface area contributed by atoms with E-state index in [4.69, 9.17) is 4.74 Å². The Morgan fingerprint density at radius 2 is 1.90 bits per heavy atom. The molecule has 0 aliphatic carbocycles. The molecule has 0 aliphatic heterocycles. The number of carbonyl (C=O) groups excluding carboxylic acids is 1. The molecule has 0 saturated carbocycles. The van der Waals surface area contributed by atoms with Crippen LogP contribution < -0.4 is 14.4 Å². The van der Waals surface area contributed by atoms with Gasteiger partial charge < -0.3 is 10.1 Å². The first-order valence-corrected chi connectivity index (χ1v) is 8.54. The van der Waals surface area contributed by atoms with E-state index in [0.717, 1.165) is 17.0 Å². The second-order valence-electron chi connectivity index (χ2n) is 4.84. The van der Waals surface area contributed by atoms with Crippen molar-refractivity contribution in [1.29, 1.82) is 0 Å². The summed E-state index contributed by atoms with van der Waals surface area (Å²) < 4.78 is 29.9. The minimum Gasteiger partial charge on any atom is -0.497 e. The van der Waals surface area contributed by atoms with Crippen LogP contribution in [0.25, 0.3) is 0 Å². The average molecular weight is 314 g/mol. The first kappa shape index (κ1) is 17.3. The van der Waals surface area contributed by atoms with Crippen molar-refractivity contribution in [2.75, 3.05) is 24.2 Å². The lowest BCUT2D eigenvalue weighted by Crippen LogP contribution is -2.43. The predicted molar refractivity (Wildman–Crippen MR) is 83.1 cm³/mol. The Balaban J connectivity index is 2.93. The molecule has 6 nitrogen and oxygen atoms in total. The zero-order chi connectivity index (χ0) is 16.0. The van der Waals surface area contributed by atoms with Gasteiger partial charge >= 0.3 is 0 Å². The van der Waals surface area contributed by atoms with Crippen molar-refractivity contribution >= 4 is 21.6 Å². The van der Waals surface area contributed by atoms with Gasteiger partial charge in [-0.05, 0) is 37.6 Å². The van der Waals surface area contributed by atoms with Gasteiger partial charge in [0, 0.05) is 6.04 Å². The largest absolute Gasteiger partial charge is 0.497 e. The zero-order valence-corrected chi connectivity index (χ0v) is 13.6. The first-order valence-electron chi connectivity index (χ1n) is 6.69. The van der Waals surface area contributed by atoms with Crippen molar-refractivity contribution in [2.24, 2.45) is 0 Å². The lowest BCUT2D eigenvalue weighted by molar-refractivity contribution is -0.120. The molecule has 1 aromatic rings. The van der Waals surface area contributed by atoms with Gasteiger partial charge in [0.25, 0.3) is 0 Å². The molecule has 1 unspecified atom stereocenters. The van der Waals surface area contributed by atoms with Crippen LogP contribution in [0.3, 0.4) is 0 Å². The predicted octanol–water partition coefficient (Wildman–Crippen LogP) is 1.38. The number of hydrogen-bond donors (Lipinski definition) is 1. The fourth-order valence-corrected chi connectivity index (χ4v) is 2.56. The zero-order valence-electron chi connectivity index (χ0n) is 12.8. The lowest BCUT2D eigenvalue weighted by Gasteiger charge is -2.23. The van der Waals surface area contributed by atoms with E-state index in [1.165, 1.54) is 7.11 Å². The molecule has 1 N–H and O–H groups in total. The molecule has 0 bridgehead atoms. The molecule has 0 aliphatic rings. The van der Waals surface area contributed by atoms with Gasteiger partial charge in [0.1, 0.15) is 12.3 Å². The Kier molecular flexibility index (Phi) is 6.02. The maximum absolute atomic E-state index is 11.9. The van der Waals surface area contributed by atoms with E-state index in [0.29, 0.717) is 11.4 Å². The number of sulfonamides is 1. The second kappa shape index (κ2) is 7.31. The first-order chi connectivity index (χ1) is 9.77. The summed E-state index contributed by atoms with van der Waals surface area (Å²) in [6.45, 7) is 3.58. The number of ether oxygens (including phenoxy) is 1. The molecule has 1 amide bonds. The van der Waals surface area contributed by atoms with Crippen LogP contribution in [0.15, 0.2) is 24.3 Å². The van der Waals surface area contributed by atoms with Crippen molar-refractivity contribution in [3.8, 4) is 5.75 Å². The monoisotopic (exact) mass is 314 g/mol. The molecule has 21 heavy (non-hydrogen) atoms. The third-order valence-electron chi connectivity index (χ3n) is 3.07. The highest BCUT2D eigenvalue weighted by Crippen LogP contribution is 2.21. The van der Waals surface area contributed by atoms with E-state index in [-0.39, 0.29) is 18.5 Å². The number of nitrogens with one attached hydrogen (secondary N) is 1. The molecule has 1 rings (SSSR count). The van der Waals surface area contributed by atoms with E-state index >= 15 is 0 Å². The molecule has 0 saturated heterocycles. The summed E-state index contributed by atoms with van der Waals surface area (Å²) in [7, 11) is -2.01. The smallest absolute Gasteiger partial charge is 0.240 e. The number of benzene rings is 1. The molecule has 1 aromatic carbocycles. The van der Waals surface area contributed by atoms with Crippen molar-refractivity contribution in [3.63, 3.8) is 0 Å². The highest BCUT2D eigenvalue weighted by Gasteiger charge is 2.21. The average Bonchev–Trinajstić information content (AvgIpc) is 2.43. The summed E-state index contributed by atoms with van der Waals surface area (Å²) in [5.74, 6) is 0.293. The third-order valence-corrected chi connectivity index (χ3v) is 4.21. The van der Waals surface area contributed by atoms with Gasteiger partial charge in [-0.2, -0.15) is 0 Å². The van der Waals surface area contributed by atoms with Crippen molar-refractivity contribution < 1.29 is 17.9 Å². The lowest BCUT2D eigenvalue weighted by atomic mass is 10.2. The highest BCUT2D eigenvalue weighted by molar-refractivity contribution is 7.92. The molecule has 0 spiro atoms. The maximum Gasteiger partial charge on any atom is 0.240 e. The number of methoxy groups -OCH3 is 1. The quantitative estimate of drug-likeness (QED) is 0.825. The standard InChI is InChI=1S/C14H22N2O4S/c1-5-11(2)15-14(17)10-16(21(4,18)19)12-6-8-13(20-3)9-7-12/h6-9,11H,5,10H2,1-4H3,(H,15,17). The normalized spacial score (nSPS) is 12.6. The Hall–Kier alpha value is -1.76. The molecule has 0 aromatic heterocycles. The van der Waals surface area contributed by atoms with Gasteiger partial charge in [0.2, 0.25) is 15.9 Å². The Morgan fingerprint density at radius 1 is 1.33 bits per heavy atom. The number of hydrogen-bond acceptors (Lipinski definition) is 4. The molecule has 118 valence electrons. The molecule has 7 heteroatoms. The topological polar surface area (TPSA) is 75.7 Å². The fraction of sp³-hybridized carbons (Fsp3) is 0.500. The van der Waals surface area contributed by atoms with Crippen LogP contribution in [-0.2, 0) is 14.8 Å². The van der Waals surface area contributed by atoms with Gasteiger partial charge in [-0.15, -0.1) is 0 Å². The van der Waals surface area contributed by atoms with Gasteiger partial charge in [-0.1, -0.05) is 6.92 Å². The third kappa shape index (κ3) is 5.26. The summed E-state index contributed by atoms with van der Waals surface area (Å²) in [6, 6.07) is 6.53. The fourth-order valence-electron chi connectivity index (χ4n) is 1.70. The summed E-state index contributed by atoms with van der Waals surface area (Å²) in [6.07, 6.45) is 1.86. The van der Waals surface area contributed by atoms with Crippen molar-refractivity contribution in [3.05, 3.63) is 24.3 Å². The molecule has 0 radical (unpaired) electrons. The van der Waals surface area contributed by atoms with Crippen LogP contribution in [-0.4, -0.2) is 40.3 Å². The Morgan fingerprint density at radius 3 is 2.33 bits per heavy atom. The number of anilines is 1. The van der Waals surface area contributed by atoms with E-state index < -0.39 is 10.0 Å². The minimum absolute atomic E-state index is 0.00905. The second-order valence-corrected chi connectivity index (χ2v) is 6.75. The molecule has 1 atom stereocenters. The Bertz CT molecular complexity index is 569. The number of rotatable bonds is 7. The van der Waals surface area contributed by atoms with Gasteiger partial charge in [-0.3, -0.25) is 9.10 Å². The van der Waals surface area contributed by atoms with Crippen LogP contribution in [0.2, 0.25) is 0 Å². The SMILES string of the molecule is CCC(C)NC(=O)CN(c1ccc(OC)cc1)S(C)(=O)=O. The Labute approximate surface area is 126 Å². The van der Waals surface area contributed by atoms with Crippen molar-refractivity contribution in [1.82, 2.24) is 5.32 Å². The number of nitrogens with zero attached hydrogens (tertiary/aromatic N) is 1. The van der Waals surface area contributed by atoms with Crippen LogP contribution in [0.4, 0.5) is 5.69 Å².